The van der Waals surface area contributed by atoms with Crippen LogP contribution in [-0.2, 0) is 26.6 Å². The van der Waals surface area contributed by atoms with Crippen LogP contribution in [0.1, 0.15) is 36.8 Å². The number of hydrogen-bond donors (Lipinski definition) is 2. The summed E-state index contributed by atoms with van der Waals surface area (Å²) < 4.78 is 55.4. The number of hydrogen-bond acceptors (Lipinski definition) is 5. The molecule has 0 spiro atoms. The summed E-state index contributed by atoms with van der Waals surface area (Å²) >= 11 is 0. The van der Waals surface area contributed by atoms with Gasteiger partial charge in [0.15, 0.2) is 0 Å². The van der Waals surface area contributed by atoms with E-state index in [4.69, 9.17) is 0 Å². The standard InChI is InChI=1S/C22H29N3O4S2/c1-17-3-2-4-18(15-17)16-25-13-11-20(12-14-25)24-31(28,29)22-9-7-21(8-10-22)30(26,27)23-19-5-6-19/h2-4,7-10,15,19-20,23-24H,5-6,11-14,16H2,1H3. The van der Waals surface area contributed by atoms with E-state index in [1.807, 2.05) is 0 Å². The van der Waals surface area contributed by atoms with Gasteiger partial charge in [0.25, 0.3) is 0 Å². The van der Waals surface area contributed by atoms with Crippen molar-refractivity contribution in [2.45, 2.75) is 61.0 Å². The molecule has 9 heteroatoms. The molecule has 0 radical (unpaired) electrons. The van der Waals surface area contributed by atoms with Crippen molar-refractivity contribution in [3.05, 3.63) is 59.7 Å². The fourth-order valence-corrected chi connectivity index (χ4v) is 6.46. The summed E-state index contributed by atoms with van der Waals surface area (Å²) in [5.41, 5.74) is 2.51. The maximum absolute atomic E-state index is 12.8. The second-order valence-electron chi connectivity index (χ2n) is 8.53. The third-order valence-corrected chi connectivity index (χ3v) is 8.81. The van der Waals surface area contributed by atoms with E-state index in [2.05, 4.69) is 45.5 Å². The molecule has 0 unspecified atom stereocenters. The third kappa shape index (κ3) is 5.93. The van der Waals surface area contributed by atoms with Gasteiger partial charge in [-0.2, -0.15) is 0 Å². The summed E-state index contributed by atoms with van der Waals surface area (Å²) in [4.78, 5) is 2.51. The quantitative estimate of drug-likeness (QED) is 0.627. The molecule has 0 bridgehead atoms. The monoisotopic (exact) mass is 463 g/mol. The molecular weight excluding hydrogens is 434 g/mol. The number of benzene rings is 2. The molecule has 2 fully saturated rings. The van der Waals surface area contributed by atoms with Crippen molar-refractivity contribution in [3.8, 4) is 0 Å². The van der Waals surface area contributed by atoms with E-state index in [-0.39, 0.29) is 21.9 Å². The average molecular weight is 464 g/mol. The minimum Gasteiger partial charge on any atom is -0.299 e. The Morgan fingerprint density at radius 1 is 0.806 bits per heavy atom. The smallest absolute Gasteiger partial charge is 0.240 e. The zero-order valence-corrected chi connectivity index (χ0v) is 19.3. The lowest BCUT2D eigenvalue weighted by atomic mass is 10.0. The van der Waals surface area contributed by atoms with E-state index < -0.39 is 20.0 Å². The maximum atomic E-state index is 12.8. The van der Waals surface area contributed by atoms with Gasteiger partial charge in [-0.05, 0) is 62.4 Å². The zero-order valence-electron chi connectivity index (χ0n) is 17.6. The molecule has 1 saturated heterocycles. The van der Waals surface area contributed by atoms with Gasteiger partial charge in [0.05, 0.1) is 9.79 Å². The first-order valence-electron chi connectivity index (χ1n) is 10.6. The first-order valence-corrected chi connectivity index (χ1v) is 13.6. The highest BCUT2D eigenvalue weighted by atomic mass is 32.2. The largest absolute Gasteiger partial charge is 0.299 e. The Morgan fingerprint density at radius 3 is 1.81 bits per heavy atom. The number of nitrogens with zero attached hydrogens (tertiary/aromatic N) is 1. The van der Waals surface area contributed by atoms with Gasteiger partial charge in [-0.15, -0.1) is 0 Å². The van der Waals surface area contributed by atoms with Crippen molar-refractivity contribution in [2.75, 3.05) is 13.1 Å². The number of aryl methyl sites for hydroxylation is 1. The van der Waals surface area contributed by atoms with Crippen LogP contribution in [0.15, 0.2) is 58.3 Å². The molecule has 0 atom stereocenters. The second kappa shape index (κ2) is 8.99. The van der Waals surface area contributed by atoms with Gasteiger partial charge in [0.2, 0.25) is 20.0 Å². The SMILES string of the molecule is Cc1cccc(CN2CCC(NS(=O)(=O)c3ccc(S(=O)(=O)NC4CC4)cc3)CC2)c1. The summed E-state index contributed by atoms with van der Waals surface area (Å²) in [5.74, 6) is 0. The van der Waals surface area contributed by atoms with Crippen molar-refractivity contribution >= 4 is 20.0 Å². The van der Waals surface area contributed by atoms with Crippen LogP contribution in [0.5, 0.6) is 0 Å². The van der Waals surface area contributed by atoms with Crippen molar-refractivity contribution in [2.24, 2.45) is 0 Å². The second-order valence-corrected chi connectivity index (χ2v) is 12.0. The van der Waals surface area contributed by atoms with Crippen LogP contribution in [0.3, 0.4) is 0 Å². The molecule has 1 aliphatic carbocycles. The fraction of sp³-hybridized carbons (Fsp3) is 0.455. The number of sulfonamides is 2. The molecule has 2 aromatic carbocycles. The molecule has 168 valence electrons. The molecule has 7 nitrogen and oxygen atoms in total. The highest BCUT2D eigenvalue weighted by Gasteiger charge is 2.29. The van der Waals surface area contributed by atoms with E-state index in [9.17, 15) is 16.8 Å². The van der Waals surface area contributed by atoms with Crippen LogP contribution < -0.4 is 9.44 Å². The minimum absolute atomic E-state index is 0.00635. The number of rotatable bonds is 8. The van der Waals surface area contributed by atoms with Gasteiger partial charge in [-0.25, -0.2) is 26.3 Å². The molecule has 2 aromatic rings. The number of nitrogens with one attached hydrogen (secondary N) is 2. The topological polar surface area (TPSA) is 95.6 Å². The molecule has 1 saturated carbocycles. The van der Waals surface area contributed by atoms with Gasteiger partial charge in [0.1, 0.15) is 0 Å². The zero-order chi connectivity index (χ0) is 22.1. The normalized spacial score (nSPS) is 18.9. The fourth-order valence-electron chi connectivity index (χ4n) is 3.85. The van der Waals surface area contributed by atoms with Crippen LogP contribution >= 0.6 is 0 Å². The average Bonchev–Trinajstić information content (AvgIpc) is 3.53. The molecule has 31 heavy (non-hydrogen) atoms. The summed E-state index contributed by atoms with van der Waals surface area (Å²) in [5, 5.41) is 0. The summed E-state index contributed by atoms with van der Waals surface area (Å²) in [6.07, 6.45) is 3.17. The Bertz CT molecular complexity index is 1120. The van der Waals surface area contributed by atoms with Gasteiger partial charge >= 0.3 is 0 Å². The Morgan fingerprint density at radius 2 is 1.32 bits per heavy atom. The van der Waals surface area contributed by atoms with Crippen LogP contribution in [0.25, 0.3) is 0 Å². The van der Waals surface area contributed by atoms with E-state index in [1.165, 1.54) is 35.4 Å². The maximum Gasteiger partial charge on any atom is 0.240 e. The Labute approximate surface area is 185 Å². The lowest BCUT2D eigenvalue weighted by Crippen LogP contribution is -2.44. The Kier molecular flexibility index (Phi) is 6.50. The molecule has 0 aromatic heterocycles. The Hall–Kier alpha value is -1.78. The summed E-state index contributed by atoms with van der Waals surface area (Å²) in [7, 11) is -7.29. The first-order chi connectivity index (χ1) is 14.7. The number of likely N-dealkylation sites (tertiary alicyclic amines) is 1. The molecule has 1 aliphatic heterocycles. The van der Waals surface area contributed by atoms with Gasteiger partial charge in [-0.1, -0.05) is 29.8 Å². The predicted octanol–water partition coefficient (Wildman–Crippen LogP) is 2.38. The first kappa shape index (κ1) is 22.4. The van der Waals surface area contributed by atoms with E-state index >= 15 is 0 Å². The molecule has 1 heterocycles. The van der Waals surface area contributed by atoms with Gasteiger partial charge in [-0.3, -0.25) is 4.90 Å². The number of piperidine rings is 1. The van der Waals surface area contributed by atoms with Crippen LogP contribution in [0, 0.1) is 6.92 Å². The molecule has 4 rings (SSSR count). The van der Waals surface area contributed by atoms with E-state index in [0.29, 0.717) is 0 Å². The summed E-state index contributed by atoms with van der Waals surface area (Å²) in [6, 6.07) is 13.7. The van der Waals surface area contributed by atoms with Crippen LogP contribution in [0.4, 0.5) is 0 Å². The van der Waals surface area contributed by atoms with Crippen LogP contribution in [0.2, 0.25) is 0 Å². The van der Waals surface area contributed by atoms with Crippen molar-refractivity contribution < 1.29 is 16.8 Å². The third-order valence-electron chi connectivity index (χ3n) is 5.74. The van der Waals surface area contributed by atoms with Gasteiger partial charge < -0.3 is 0 Å². The predicted molar refractivity (Wildman–Crippen MR) is 120 cm³/mol. The molecule has 2 N–H and O–H groups in total. The van der Waals surface area contributed by atoms with E-state index in [1.54, 1.807) is 0 Å². The van der Waals surface area contributed by atoms with Crippen molar-refractivity contribution in [1.29, 1.82) is 0 Å². The van der Waals surface area contributed by atoms with Crippen molar-refractivity contribution in [3.63, 3.8) is 0 Å². The summed E-state index contributed by atoms with van der Waals surface area (Å²) in [6.45, 7) is 4.60. The highest BCUT2D eigenvalue weighted by Crippen LogP contribution is 2.23. The molecule has 0 amide bonds. The highest BCUT2D eigenvalue weighted by molar-refractivity contribution is 7.90. The van der Waals surface area contributed by atoms with Crippen LogP contribution in [-0.4, -0.2) is 46.9 Å². The van der Waals surface area contributed by atoms with Crippen molar-refractivity contribution in [1.82, 2.24) is 14.3 Å². The minimum atomic E-state index is -3.70. The Balaban J connectivity index is 1.32. The molecular formula is C22H29N3O4S2. The lowest BCUT2D eigenvalue weighted by Gasteiger charge is -2.32. The lowest BCUT2D eigenvalue weighted by molar-refractivity contribution is 0.200. The van der Waals surface area contributed by atoms with E-state index in [0.717, 1.165) is 45.3 Å². The molecule has 2 aliphatic rings. The van der Waals surface area contributed by atoms with Gasteiger partial charge in [0, 0.05) is 31.7 Å².